The second-order valence-electron chi connectivity index (χ2n) is 0.268. The highest BCUT2D eigenvalue weighted by atomic mass is 33.1. The lowest BCUT2D eigenvalue weighted by Gasteiger charge is -1.76. The quantitative estimate of drug-likeness (QED) is 0.336. The van der Waals surface area contributed by atoms with E-state index >= 15 is 0 Å². The lowest BCUT2D eigenvalue weighted by molar-refractivity contribution is 0.368. The second kappa shape index (κ2) is 1.61. The number of hydrogen-bond donors (Lipinski definition) is 3. The van der Waals surface area contributed by atoms with E-state index in [9.17, 15) is 0 Å². The van der Waals surface area contributed by atoms with Crippen LogP contribution in [0.5, 0.6) is 0 Å². The molecule has 0 aromatic heterocycles. The van der Waals surface area contributed by atoms with Gasteiger partial charge in [0.25, 0.3) is 0 Å². The fourth-order valence-corrected chi connectivity index (χ4v) is 0. The van der Waals surface area contributed by atoms with Gasteiger partial charge in [-0.25, -0.2) is 0 Å². The van der Waals surface area contributed by atoms with Crippen LogP contribution in [-0.2, 0) is 0 Å². The molecule has 0 unspecified atom stereocenters. The summed E-state index contributed by atoms with van der Waals surface area (Å²) >= 11 is 0. The van der Waals surface area contributed by atoms with Crippen LogP contribution in [0.15, 0.2) is 0 Å². The molecule has 0 aromatic carbocycles. The highest BCUT2D eigenvalue weighted by Gasteiger charge is 1.76. The molecule has 0 aliphatic heterocycles. The van der Waals surface area contributed by atoms with Crippen molar-refractivity contribution < 1.29 is 14.7 Å². The lowest BCUT2D eigenvalue weighted by Crippen LogP contribution is -1.54. The van der Waals surface area contributed by atoms with Crippen molar-refractivity contribution in [2.24, 2.45) is 0 Å². The van der Waals surface area contributed by atoms with Gasteiger partial charge in [0.1, 0.15) is 0 Å². The minimum Gasteiger partial charge on any atom is -0.328 e. The standard InChI is InChI=1S/H3O3P/c1-4(2)3/h1-3H/i4+2. The van der Waals surface area contributed by atoms with Crippen molar-refractivity contribution in [1.82, 2.24) is 0 Å². The number of rotatable bonds is 0. The summed E-state index contributed by atoms with van der Waals surface area (Å²) in [5.41, 5.74) is 0. The van der Waals surface area contributed by atoms with E-state index < -0.39 is 8.60 Å². The van der Waals surface area contributed by atoms with Gasteiger partial charge in [-0.3, -0.25) is 0 Å². The predicted molar refractivity (Wildman–Crippen MR) is 13.6 cm³/mol. The van der Waals surface area contributed by atoms with E-state index in [0.29, 0.717) is 0 Å². The third kappa shape index (κ3) is 41.3. The molecule has 0 atom stereocenters. The number of hydrogen-bond acceptors (Lipinski definition) is 3. The molecule has 0 saturated carbocycles. The van der Waals surface area contributed by atoms with Crippen molar-refractivity contribution in [1.29, 1.82) is 0 Å². The van der Waals surface area contributed by atoms with Crippen LogP contribution in [0.1, 0.15) is 0 Å². The van der Waals surface area contributed by atoms with Crippen LogP contribution in [0.2, 0.25) is 0 Å². The summed E-state index contributed by atoms with van der Waals surface area (Å²) in [4.78, 5) is 21.7. The van der Waals surface area contributed by atoms with Crippen LogP contribution in [0.3, 0.4) is 0 Å². The minimum absolute atomic E-state index is 2.62. The van der Waals surface area contributed by atoms with Crippen molar-refractivity contribution in [2.75, 3.05) is 0 Å². The molecule has 0 amide bonds. The largest absolute Gasteiger partial charge is 0.328 e. The first kappa shape index (κ1) is 4.31. The maximum absolute atomic E-state index is 7.23. The van der Waals surface area contributed by atoms with Crippen LogP contribution < -0.4 is 0 Å². The Morgan fingerprint density at radius 3 is 1.00 bits per heavy atom. The highest BCUT2D eigenvalue weighted by molar-refractivity contribution is 7.38. The summed E-state index contributed by atoms with van der Waals surface area (Å²) in [6.45, 7) is 0. The molecule has 0 aromatic rings. The topological polar surface area (TPSA) is 60.7 Å². The molecule has 4 heteroatoms. The highest BCUT2D eigenvalue weighted by Crippen LogP contribution is 2.11. The zero-order chi connectivity index (χ0) is 3.58. The Kier molecular flexibility index (Phi) is 1.74. The van der Waals surface area contributed by atoms with Gasteiger partial charge < -0.3 is 14.7 Å². The molecule has 0 bridgehead atoms. The molecular formula is H3O3P. The Morgan fingerprint density at radius 1 is 1.00 bits per heavy atom. The zero-order valence-corrected chi connectivity index (χ0v) is 2.68. The molecule has 0 aliphatic carbocycles. The summed E-state index contributed by atoms with van der Waals surface area (Å²) < 4.78 is 0. The van der Waals surface area contributed by atoms with E-state index in [2.05, 4.69) is 0 Å². The van der Waals surface area contributed by atoms with Crippen molar-refractivity contribution in [3.63, 3.8) is 0 Å². The van der Waals surface area contributed by atoms with Crippen LogP contribution in [0.4, 0.5) is 0 Å². The molecule has 4 heavy (non-hydrogen) atoms. The van der Waals surface area contributed by atoms with Gasteiger partial charge in [-0.15, -0.1) is 0 Å². The second-order valence-corrected chi connectivity index (χ2v) is 0.805. The lowest BCUT2D eigenvalue weighted by atomic mass is 15.8. The van der Waals surface area contributed by atoms with Gasteiger partial charge >= 0.3 is 8.60 Å². The Balaban J connectivity index is 2.32. The Labute approximate surface area is 24.5 Å². The van der Waals surface area contributed by atoms with E-state index in [-0.39, 0.29) is 0 Å². The smallest absolute Gasteiger partial charge is 0.324 e. The van der Waals surface area contributed by atoms with Crippen molar-refractivity contribution >= 4 is 8.60 Å². The molecule has 0 radical (unpaired) electrons. The average molecular weight is 84.0 g/mol. The summed E-state index contributed by atoms with van der Waals surface area (Å²) in [5.74, 6) is 0. The molecule has 26 valence electrons. The summed E-state index contributed by atoms with van der Waals surface area (Å²) in [7, 11) is -2.62. The molecule has 0 saturated heterocycles. The van der Waals surface area contributed by atoms with Crippen LogP contribution in [0, 0.1) is 0 Å². The minimum atomic E-state index is -2.62. The molecule has 0 spiro atoms. The van der Waals surface area contributed by atoms with E-state index in [1.807, 2.05) is 0 Å². The van der Waals surface area contributed by atoms with Gasteiger partial charge in [-0.1, -0.05) is 0 Å². The van der Waals surface area contributed by atoms with Gasteiger partial charge in [0.2, 0.25) is 0 Å². The van der Waals surface area contributed by atoms with Crippen molar-refractivity contribution in [2.45, 2.75) is 0 Å². The first-order valence-electron chi connectivity index (χ1n) is 0.600. The first-order valence-corrected chi connectivity index (χ1v) is 1.80. The third-order valence-corrected chi connectivity index (χ3v) is 0. The normalized spacial score (nSPS) is 9.00. The fourth-order valence-electron chi connectivity index (χ4n) is 0. The van der Waals surface area contributed by atoms with Gasteiger partial charge in [0.05, 0.1) is 0 Å². The van der Waals surface area contributed by atoms with Gasteiger partial charge in [0.15, 0.2) is 0 Å². The van der Waals surface area contributed by atoms with Crippen molar-refractivity contribution in [3.05, 3.63) is 0 Å². The van der Waals surface area contributed by atoms with E-state index in [0.717, 1.165) is 0 Å². The van der Waals surface area contributed by atoms with E-state index in [1.54, 1.807) is 0 Å². The monoisotopic (exact) mass is 84.0 g/mol. The van der Waals surface area contributed by atoms with E-state index in [1.165, 1.54) is 0 Å². The maximum atomic E-state index is 7.23. The fraction of sp³-hybridized carbons (Fsp3) is 0. The Hall–Kier alpha value is 0.310. The Morgan fingerprint density at radius 2 is 1.00 bits per heavy atom. The molecule has 3 N–H and O–H groups in total. The van der Waals surface area contributed by atoms with Crippen LogP contribution in [-0.4, -0.2) is 14.7 Å². The molecule has 3 nitrogen and oxygen atoms in total. The average Bonchev–Trinajstić information content (AvgIpc) is 0.811. The maximum Gasteiger partial charge on any atom is 0.324 e. The van der Waals surface area contributed by atoms with Gasteiger partial charge in [-0.05, 0) is 0 Å². The van der Waals surface area contributed by atoms with Gasteiger partial charge in [0, 0.05) is 0 Å². The van der Waals surface area contributed by atoms with Crippen molar-refractivity contribution in [3.8, 4) is 0 Å². The zero-order valence-electron chi connectivity index (χ0n) is 1.79. The van der Waals surface area contributed by atoms with Crippen LogP contribution in [0.25, 0.3) is 0 Å². The molecular weight excluding hydrogens is 81.0 g/mol. The van der Waals surface area contributed by atoms with E-state index in [4.69, 9.17) is 14.7 Å². The van der Waals surface area contributed by atoms with Gasteiger partial charge in [-0.2, -0.15) is 0 Å². The SMILES string of the molecule is O[33P](O)O. The molecule has 0 heterocycles. The molecule has 0 fully saturated rings. The summed E-state index contributed by atoms with van der Waals surface area (Å²) in [6.07, 6.45) is 0. The Bertz CT molecular complexity index is 8.00. The molecule has 0 rings (SSSR count). The first-order chi connectivity index (χ1) is 1.73. The van der Waals surface area contributed by atoms with Crippen LogP contribution >= 0.6 is 8.60 Å². The predicted octanol–water partition coefficient (Wildman–Crippen LogP) is -0.810. The third-order valence-electron chi connectivity index (χ3n) is 0. The summed E-state index contributed by atoms with van der Waals surface area (Å²) in [6, 6.07) is 0. The molecule has 0 aliphatic rings. The summed E-state index contributed by atoms with van der Waals surface area (Å²) in [5, 5.41) is 0.